The summed E-state index contributed by atoms with van der Waals surface area (Å²) in [5, 5.41) is 8.77. The van der Waals surface area contributed by atoms with Crippen molar-refractivity contribution in [3.63, 3.8) is 0 Å². The molecule has 0 amide bonds. The third kappa shape index (κ3) is 8.40. The van der Waals surface area contributed by atoms with Crippen LogP contribution in [0.5, 0.6) is 0 Å². The number of carboxylic acids is 1. The van der Waals surface area contributed by atoms with Crippen LogP contribution in [0, 0.1) is 17.8 Å². The van der Waals surface area contributed by atoms with Crippen molar-refractivity contribution in [3.8, 4) is 0 Å². The number of carboxylic acid groups (broad SMARTS) is 1. The highest BCUT2D eigenvalue weighted by Crippen LogP contribution is 2.27. The number of alkyl halides is 3. The third-order valence-corrected chi connectivity index (χ3v) is 3.18. The quantitative estimate of drug-likeness (QED) is 0.706. The summed E-state index contributed by atoms with van der Waals surface area (Å²) >= 11 is 0. The van der Waals surface area contributed by atoms with Crippen molar-refractivity contribution in [1.29, 1.82) is 0 Å². The highest BCUT2D eigenvalue weighted by Gasteiger charge is 2.45. The molecule has 1 unspecified atom stereocenters. The summed E-state index contributed by atoms with van der Waals surface area (Å²) in [5.74, 6) is -3.34. The molecule has 0 bridgehead atoms. The highest BCUT2D eigenvalue weighted by molar-refractivity contribution is 5.71. The molecule has 20 heavy (non-hydrogen) atoms. The largest absolute Gasteiger partial charge is 0.481 e. The van der Waals surface area contributed by atoms with E-state index in [1.807, 2.05) is 27.7 Å². The zero-order valence-electron chi connectivity index (χ0n) is 12.7. The van der Waals surface area contributed by atoms with Gasteiger partial charge in [0.2, 0.25) is 0 Å². The summed E-state index contributed by atoms with van der Waals surface area (Å²) in [6.07, 6.45) is -3.16. The van der Waals surface area contributed by atoms with Crippen molar-refractivity contribution in [1.82, 2.24) is 4.90 Å². The molecule has 0 aromatic carbocycles. The molecule has 0 aliphatic carbocycles. The van der Waals surface area contributed by atoms with E-state index in [9.17, 15) is 18.0 Å². The molecule has 0 spiro atoms. The lowest BCUT2D eigenvalue weighted by Crippen LogP contribution is -2.42. The van der Waals surface area contributed by atoms with Crippen molar-refractivity contribution >= 4 is 5.97 Å². The lowest BCUT2D eigenvalue weighted by Gasteiger charge is -2.28. The average molecular weight is 297 g/mol. The van der Waals surface area contributed by atoms with Crippen LogP contribution >= 0.6 is 0 Å². The maximum Gasteiger partial charge on any atom is 0.403 e. The molecular formula is C14H26F3NO2. The number of carbonyl (C=O) groups is 1. The van der Waals surface area contributed by atoms with Crippen LogP contribution in [0.15, 0.2) is 0 Å². The molecule has 0 fully saturated rings. The van der Waals surface area contributed by atoms with Gasteiger partial charge in [0, 0.05) is 6.54 Å². The van der Waals surface area contributed by atoms with Gasteiger partial charge < -0.3 is 10.0 Å². The van der Waals surface area contributed by atoms with Gasteiger partial charge in [-0.1, -0.05) is 27.7 Å². The van der Waals surface area contributed by atoms with E-state index in [1.165, 1.54) is 0 Å². The first-order chi connectivity index (χ1) is 9.04. The van der Waals surface area contributed by atoms with Gasteiger partial charge in [-0.05, 0) is 37.8 Å². The van der Waals surface area contributed by atoms with Gasteiger partial charge in [0.15, 0.2) is 5.92 Å². The second-order valence-corrected chi connectivity index (χ2v) is 6.10. The predicted molar refractivity (Wildman–Crippen MR) is 72.5 cm³/mol. The SMILES string of the molecule is CC(C)CCN(CCC(C)C)CC(C(=O)O)C(F)(F)F. The van der Waals surface area contributed by atoms with Gasteiger partial charge in [-0.15, -0.1) is 0 Å². The summed E-state index contributed by atoms with van der Waals surface area (Å²) in [7, 11) is 0. The smallest absolute Gasteiger partial charge is 0.403 e. The molecule has 0 rings (SSSR count). The molecule has 1 atom stereocenters. The van der Waals surface area contributed by atoms with Crippen molar-refractivity contribution < 1.29 is 23.1 Å². The first-order valence-corrected chi connectivity index (χ1v) is 7.05. The Balaban J connectivity index is 4.69. The van der Waals surface area contributed by atoms with Crippen LogP contribution in [0.2, 0.25) is 0 Å². The molecule has 0 aromatic rings. The second kappa shape index (κ2) is 8.49. The van der Waals surface area contributed by atoms with E-state index < -0.39 is 24.6 Å². The zero-order valence-corrected chi connectivity index (χ0v) is 12.7. The van der Waals surface area contributed by atoms with Gasteiger partial charge in [0.1, 0.15) is 0 Å². The summed E-state index contributed by atoms with van der Waals surface area (Å²) in [6, 6.07) is 0. The van der Waals surface area contributed by atoms with Gasteiger partial charge in [-0.2, -0.15) is 13.2 Å². The Kier molecular flexibility index (Phi) is 8.16. The number of hydrogen-bond donors (Lipinski definition) is 1. The van der Waals surface area contributed by atoms with Gasteiger partial charge >= 0.3 is 12.1 Å². The molecule has 0 radical (unpaired) electrons. The van der Waals surface area contributed by atoms with Gasteiger partial charge in [-0.25, -0.2) is 0 Å². The Hall–Kier alpha value is -0.780. The first-order valence-electron chi connectivity index (χ1n) is 7.05. The van der Waals surface area contributed by atoms with E-state index in [-0.39, 0.29) is 0 Å². The highest BCUT2D eigenvalue weighted by atomic mass is 19.4. The van der Waals surface area contributed by atoms with Crippen LogP contribution in [0.1, 0.15) is 40.5 Å². The second-order valence-electron chi connectivity index (χ2n) is 6.10. The molecule has 6 heteroatoms. The van der Waals surface area contributed by atoms with E-state index in [2.05, 4.69) is 0 Å². The van der Waals surface area contributed by atoms with Crippen molar-refractivity contribution in [2.24, 2.45) is 17.8 Å². The number of hydrogen-bond acceptors (Lipinski definition) is 2. The molecular weight excluding hydrogens is 271 g/mol. The van der Waals surface area contributed by atoms with Crippen LogP contribution in [0.25, 0.3) is 0 Å². The lowest BCUT2D eigenvalue weighted by molar-refractivity contribution is -0.196. The Morgan fingerprint density at radius 1 is 1.05 bits per heavy atom. The van der Waals surface area contributed by atoms with Crippen molar-refractivity contribution in [3.05, 3.63) is 0 Å². The fraction of sp³-hybridized carbons (Fsp3) is 0.929. The Bertz CT molecular complexity index is 279. The number of rotatable bonds is 9. The Morgan fingerprint density at radius 2 is 1.45 bits per heavy atom. The van der Waals surface area contributed by atoms with Crippen LogP contribution in [0.4, 0.5) is 13.2 Å². The maximum absolute atomic E-state index is 12.7. The normalized spacial score (nSPS) is 14.3. The molecule has 0 heterocycles. The minimum atomic E-state index is -4.69. The lowest BCUT2D eigenvalue weighted by atomic mass is 10.1. The van der Waals surface area contributed by atoms with E-state index in [0.717, 1.165) is 12.8 Å². The van der Waals surface area contributed by atoms with Crippen molar-refractivity contribution in [2.75, 3.05) is 19.6 Å². The predicted octanol–water partition coefficient (Wildman–Crippen LogP) is 3.64. The molecule has 0 aromatic heterocycles. The fourth-order valence-electron chi connectivity index (χ4n) is 1.76. The monoisotopic (exact) mass is 297 g/mol. The number of aliphatic carboxylic acids is 1. The van der Waals surface area contributed by atoms with Gasteiger partial charge in [0.05, 0.1) is 0 Å². The Morgan fingerprint density at radius 3 is 1.70 bits per heavy atom. The summed E-state index contributed by atoms with van der Waals surface area (Å²) in [4.78, 5) is 12.4. The van der Waals surface area contributed by atoms with Crippen LogP contribution < -0.4 is 0 Å². The minimum Gasteiger partial charge on any atom is -0.481 e. The van der Waals surface area contributed by atoms with Crippen LogP contribution in [-0.4, -0.2) is 41.8 Å². The zero-order chi connectivity index (χ0) is 15.9. The standard InChI is InChI=1S/C14H26F3NO2/c1-10(2)5-7-18(8-6-11(3)4)9-12(13(19)20)14(15,16)17/h10-12H,5-9H2,1-4H3,(H,19,20). The maximum atomic E-state index is 12.7. The van der Waals surface area contributed by atoms with Crippen LogP contribution in [0.3, 0.4) is 0 Å². The topological polar surface area (TPSA) is 40.5 Å². The molecule has 1 N–H and O–H groups in total. The van der Waals surface area contributed by atoms with E-state index >= 15 is 0 Å². The van der Waals surface area contributed by atoms with Crippen LogP contribution in [-0.2, 0) is 4.79 Å². The number of nitrogens with zero attached hydrogens (tertiary/aromatic N) is 1. The third-order valence-electron chi connectivity index (χ3n) is 3.18. The van der Waals surface area contributed by atoms with E-state index in [0.29, 0.717) is 24.9 Å². The molecule has 0 aliphatic heterocycles. The van der Waals surface area contributed by atoms with E-state index in [4.69, 9.17) is 5.11 Å². The summed E-state index contributed by atoms with van der Waals surface area (Å²) < 4.78 is 38.2. The summed E-state index contributed by atoms with van der Waals surface area (Å²) in [5.41, 5.74) is 0. The fourth-order valence-corrected chi connectivity index (χ4v) is 1.76. The van der Waals surface area contributed by atoms with Gasteiger partial charge in [0.25, 0.3) is 0 Å². The molecule has 120 valence electrons. The first kappa shape index (κ1) is 19.2. The van der Waals surface area contributed by atoms with Crippen molar-refractivity contribution in [2.45, 2.75) is 46.7 Å². The molecule has 0 saturated carbocycles. The Labute approximate surface area is 119 Å². The summed E-state index contributed by atoms with van der Waals surface area (Å²) in [6.45, 7) is 8.54. The number of halogens is 3. The molecule has 0 aliphatic rings. The van der Waals surface area contributed by atoms with Gasteiger partial charge in [-0.3, -0.25) is 4.79 Å². The molecule has 3 nitrogen and oxygen atoms in total. The minimum absolute atomic E-state index is 0.380. The average Bonchev–Trinajstić information content (AvgIpc) is 2.24. The molecule has 0 saturated heterocycles. The van der Waals surface area contributed by atoms with E-state index in [1.54, 1.807) is 4.90 Å².